The highest BCUT2D eigenvalue weighted by molar-refractivity contribution is 6.30. The lowest BCUT2D eigenvalue weighted by atomic mass is 10.1. The molecule has 0 saturated heterocycles. The number of halogens is 1. The highest BCUT2D eigenvalue weighted by Gasteiger charge is 2.10. The minimum Gasteiger partial charge on any atom is -0.496 e. The van der Waals surface area contributed by atoms with E-state index in [2.05, 4.69) is 4.99 Å². The number of ether oxygens (including phenoxy) is 1. The summed E-state index contributed by atoms with van der Waals surface area (Å²) in [6.45, 7) is 0. The third-order valence-corrected chi connectivity index (χ3v) is 2.86. The number of methoxy groups -OCH3 is 1. The van der Waals surface area contributed by atoms with Crippen LogP contribution in [0.3, 0.4) is 0 Å². The summed E-state index contributed by atoms with van der Waals surface area (Å²) in [7, 11) is 1.43. The second kappa shape index (κ2) is 6.21. The summed E-state index contributed by atoms with van der Waals surface area (Å²) in [4.78, 5) is 15.4. The van der Waals surface area contributed by atoms with Crippen LogP contribution in [0.15, 0.2) is 47.5 Å². The van der Waals surface area contributed by atoms with E-state index in [1.165, 1.54) is 13.2 Å². The summed E-state index contributed by atoms with van der Waals surface area (Å²) in [5, 5.41) is 9.70. The number of hydrogen-bond acceptors (Lipinski definition) is 3. The lowest BCUT2D eigenvalue weighted by Crippen LogP contribution is -2.01. The van der Waals surface area contributed by atoms with Gasteiger partial charge in [-0.1, -0.05) is 17.7 Å². The lowest BCUT2D eigenvalue weighted by Gasteiger charge is -2.05. The first-order chi connectivity index (χ1) is 9.60. The molecule has 0 aromatic heterocycles. The van der Waals surface area contributed by atoms with Crippen LogP contribution in [0.2, 0.25) is 5.02 Å². The van der Waals surface area contributed by atoms with Gasteiger partial charge in [0.05, 0.1) is 12.8 Å². The predicted octanol–water partition coefficient (Wildman–Crippen LogP) is 3.80. The average molecular weight is 290 g/mol. The van der Waals surface area contributed by atoms with Crippen molar-refractivity contribution in [3.05, 3.63) is 58.6 Å². The van der Waals surface area contributed by atoms with Crippen LogP contribution >= 0.6 is 11.6 Å². The summed E-state index contributed by atoms with van der Waals surface area (Å²) in [6, 6.07) is 11.9. The van der Waals surface area contributed by atoms with E-state index in [1.807, 2.05) is 6.07 Å². The van der Waals surface area contributed by atoms with E-state index in [4.69, 9.17) is 21.4 Å². The Labute approximate surface area is 121 Å². The first-order valence-corrected chi connectivity index (χ1v) is 6.19. The molecule has 0 fully saturated rings. The van der Waals surface area contributed by atoms with Crippen LogP contribution in [0.4, 0.5) is 5.69 Å². The maximum Gasteiger partial charge on any atom is 0.339 e. The number of hydrogen-bond donors (Lipinski definition) is 1. The Kier molecular flexibility index (Phi) is 4.38. The van der Waals surface area contributed by atoms with E-state index in [0.29, 0.717) is 22.0 Å². The van der Waals surface area contributed by atoms with Crippen molar-refractivity contribution in [3.8, 4) is 5.75 Å². The second-order valence-corrected chi connectivity index (χ2v) is 4.44. The molecule has 0 atom stereocenters. The fourth-order valence-electron chi connectivity index (χ4n) is 1.68. The average Bonchev–Trinajstić information content (AvgIpc) is 2.45. The van der Waals surface area contributed by atoms with Crippen LogP contribution in [-0.4, -0.2) is 24.4 Å². The predicted molar refractivity (Wildman–Crippen MR) is 78.7 cm³/mol. The minimum absolute atomic E-state index is 0.0996. The SMILES string of the molecule is COc1ccc(C=Nc2cccc(Cl)c2)cc1C(=O)O. The molecule has 0 unspecified atom stereocenters. The Bertz CT molecular complexity index is 668. The smallest absolute Gasteiger partial charge is 0.339 e. The van der Waals surface area contributed by atoms with E-state index in [-0.39, 0.29) is 5.56 Å². The van der Waals surface area contributed by atoms with Gasteiger partial charge in [-0.2, -0.15) is 0 Å². The van der Waals surface area contributed by atoms with Crippen LogP contribution in [0.1, 0.15) is 15.9 Å². The number of benzene rings is 2. The van der Waals surface area contributed by atoms with Gasteiger partial charge in [0.2, 0.25) is 0 Å². The molecule has 20 heavy (non-hydrogen) atoms. The Morgan fingerprint density at radius 1 is 1.30 bits per heavy atom. The summed E-state index contributed by atoms with van der Waals surface area (Å²) < 4.78 is 5.00. The Morgan fingerprint density at radius 2 is 2.10 bits per heavy atom. The Balaban J connectivity index is 2.30. The van der Waals surface area contributed by atoms with Crippen molar-refractivity contribution >= 4 is 29.5 Å². The van der Waals surface area contributed by atoms with Crippen molar-refractivity contribution in [2.75, 3.05) is 7.11 Å². The third-order valence-electron chi connectivity index (χ3n) is 2.62. The van der Waals surface area contributed by atoms with E-state index in [0.717, 1.165) is 0 Å². The Morgan fingerprint density at radius 3 is 2.75 bits per heavy atom. The molecular formula is C15H12ClNO3. The number of carbonyl (C=O) groups is 1. The molecule has 2 rings (SSSR count). The molecule has 0 heterocycles. The number of aliphatic imine (C=N–C) groups is 1. The van der Waals surface area contributed by atoms with Crippen molar-refractivity contribution in [1.82, 2.24) is 0 Å². The topological polar surface area (TPSA) is 58.9 Å². The first-order valence-electron chi connectivity index (χ1n) is 5.81. The molecule has 0 aliphatic heterocycles. The largest absolute Gasteiger partial charge is 0.496 e. The zero-order valence-electron chi connectivity index (χ0n) is 10.7. The van der Waals surface area contributed by atoms with Crippen LogP contribution < -0.4 is 4.74 Å². The summed E-state index contributed by atoms with van der Waals surface area (Å²) in [5.41, 5.74) is 1.47. The van der Waals surface area contributed by atoms with Crippen molar-refractivity contribution in [3.63, 3.8) is 0 Å². The number of nitrogens with zero attached hydrogens (tertiary/aromatic N) is 1. The van der Waals surface area contributed by atoms with E-state index in [1.54, 1.807) is 36.5 Å². The normalized spacial score (nSPS) is 10.7. The van der Waals surface area contributed by atoms with Gasteiger partial charge in [-0.25, -0.2) is 4.79 Å². The van der Waals surface area contributed by atoms with Gasteiger partial charge in [0.15, 0.2) is 0 Å². The molecular weight excluding hydrogens is 278 g/mol. The molecule has 5 heteroatoms. The van der Waals surface area contributed by atoms with Gasteiger partial charge in [-0.3, -0.25) is 4.99 Å². The maximum absolute atomic E-state index is 11.1. The minimum atomic E-state index is -1.04. The first kappa shape index (κ1) is 14.1. The van der Waals surface area contributed by atoms with Crippen molar-refractivity contribution in [1.29, 1.82) is 0 Å². The van der Waals surface area contributed by atoms with Gasteiger partial charge in [0.1, 0.15) is 11.3 Å². The third kappa shape index (κ3) is 3.36. The summed E-state index contributed by atoms with van der Waals surface area (Å²) >= 11 is 5.86. The van der Waals surface area contributed by atoms with Crippen molar-refractivity contribution in [2.24, 2.45) is 4.99 Å². The lowest BCUT2D eigenvalue weighted by molar-refractivity contribution is 0.0693. The molecule has 102 valence electrons. The van der Waals surface area contributed by atoms with Gasteiger partial charge < -0.3 is 9.84 Å². The molecule has 1 N–H and O–H groups in total. The highest BCUT2D eigenvalue weighted by atomic mass is 35.5. The zero-order valence-corrected chi connectivity index (χ0v) is 11.5. The highest BCUT2D eigenvalue weighted by Crippen LogP contribution is 2.21. The Hall–Kier alpha value is -2.33. The molecule has 0 radical (unpaired) electrons. The van der Waals surface area contributed by atoms with Crippen molar-refractivity contribution in [2.45, 2.75) is 0 Å². The van der Waals surface area contributed by atoms with E-state index in [9.17, 15) is 4.79 Å². The quantitative estimate of drug-likeness (QED) is 0.871. The molecule has 2 aromatic carbocycles. The molecule has 0 aliphatic carbocycles. The van der Waals surface area contributed by atoms with Gasteiger partial charge >= 0.3 is 5.97 Å². The van der Waals surface area contributed by atoms with Gasteiger partial charge in [-0.15, -0.1) is 0 Å². The molecule has 4 nitrogen and oxygen atoms in total. The number of rotatable bonds is 4. The molecule has 0 aliphatic rings. The van der Waals surface area contributed by atoms with Gasteiger partial charge in [0.25, 0.3) is 0 Å². The fraction of sp³-hybridized carbons (Fsp3) is 0.0667. The standard InChI is InChI=1S/C15H12ClNO3/c1-20-14-6-5-10(7-13(14)15(18)19)9-17-12-4-2-3-11(16)8-12/h2-9H,1H3,(H,18,19). The van der Waals surface area contributed by atoms with Crippen LogP contribution in [0, 0.1) is 0 Å². The number of carboxylic acid groups (broad SMARTS) is 1. The van der Waals surface area contributed by atoms with Crippen LogP contribution in [0.5, 0.6) is 5.75 Å². The zero-order chi connectivity index (χ0) is 14.5. The van der Waals surface area contributed by atoms with Gasteiger partial charge in [-0.05, 0) is 42.0 Å². The number of aromatic carboxylic acids is 1. The van der Waals surface area contributed by atoms with Crippen molar-refractivity contribution < 1.29 is 14.6 Å². The summed E-state index contributed by atoms with van der Waals surface area (Å²) in [6.07, 6.45) is 1.58. The second-order valence-electron chi connectivity index (χ2n) is 4.00. The molecule has 0 amide bonds. The van der Waals surface area contributed by atoms with Crippen LogP contribution in [-0.2, 0) is 0 Å². The molecule has 0 spiro atoms. The maximum atomic E-state index is 11.1. The summed E-state index contributed by atoms with van der Waals surface area (Å²) in [5.74, 6) is -0.725. The van der Waals surface area contributed by atoms with E-state index >= 15 is 0 Å². The fourth-order valence-corrected chi connectivity index (χ4v) is 1.86. The van der Waals surface area contributed by atoms with Gasteiger partial charge in [0, 0.05) is 11.2 Å². The molecule has 0 bridgehead atoms. The van der Waals surface area contributed by atoms with E-state index < -0.39 is 5.97 Å². The molecule has 0 saturated carbocycles. The molecule has 2 aromatic rings. The number of carboxylic acids is 1. The van der Waals surface area contributed by atoms with Crippen LogP contribution in [0.25, 0.3) is 0 Å². The monoisotopic (exact) mass is 289 g/mol.